The van der Waals surface area contributed by atoms with Crippen LogP contribution in [-0.4, -0.2) is 34.8 Å². The second-order valence-corrected chi connectivity index (χ2v) is 12.4. The van der Waals surface area contributed by atoms with E-state index in [-0.39, 0.29) is 6.61 Å². The molecular weight excluding hydrogens is 526 g/mol. The van der Waals surface area contributed by atoms with Gasteiger partial charge in [0.2, 0.25) is 0 Å². The quantitative estimate of drug-likeness (QED) is 0.0864. The monoisotopic (exact) mass is 581 g/mol. The van der Waals surface area contributed by atoms with E-state index < -0.39 is 12.1 Å². The lowest BCUT2D eigenvalue weighted by Crippen LogP contribution is -2.42. The Morgan fingerprint density at radius 2 is 1.17 bits per heavy atom. The molecule has 2 rings (SSSR count). The highest BCUT2D eigenvalue weighted by Gasteiger charge is 2.25. The number of hydrogen-bond donors (Lipinski definition) is 0. The summed E-state index contributed by atoms with van der Waals surface area (Å²) < 4.78 is 5.60. The summed E-state index contributed by atoms with van der Waals surface area (Å²) in [5, 5.41) is 0. The number of thioether (sulfide) groups is 1. The minimum absolute atomic E-state index is 0.197. The summed E-state index contributed by atoms with van der Waals surface area (Å²) in [7, 11) is 0. The highest BCUT2D eigenvalue weighted by molar-refractivity contribution is 7.99. The first kappa shape index (κ1) is 34.9. The number of amides is 1. The van der Waals surface area contributed by atoms with Gasteiger partial charge in [-0.1, -0.05) is 164 Å². The van der Waals surface area contributed by atoms with Gasteiger partial charge in [-0.15, -0.1) is 0 Å². The molecule has 0 spiro atoms. The van der Waals surface area contributed by atoms with Crippen molar-refractivity contribution in [3.63, 3.8) is 0 Å². The van der Waals surface area contributed by atoms with E-state index in [1.165, 1.54) is 96.3 Å². The van der Waals surface area contributed by atoms with E-state index in [9.17, 15) is 9.59 Å². The third-order valence-corrected chi connectivity index (χ3v) is 8.78. The fourth-order valence-electron chi connectivity index (χ4n) is 5.06. The summed E-state index contributed by atoms with van der Waals surface area (Å²) in [6.07, 6.45) is 22.3. The lowest BCUT2D eigenvalue weighted by Gasteiger charge is -2.27. The Balaban J connectivity index is 1.57. The largest absolute Gasteiger partial charge is 0.445 e. The van der Waals surface area contributed by atoms with Crippen molar-refractivity contribution < 1.29 is 14.3 Å². The Hall–Kier alpha value is -2.27. The van der Waals surface area contributed by atoms with Gasteiger partial charge in [-0.3, -0.25) is 4.90 Å². The molecule has 0 aliphatic heterocycles. The van der Waals surface area contributed by atoms with Crippen molar-refractivity contribution in [2.24, 2.45) is 0 Å². The van der Waals surface area contributed by atoms with Crippen LogP contribution in [0.2, 0.25) is 0 Å². The molecule has 228 valence electrons. The molecule has 0 unspecified atom stereocenters. The number of aldehydes is 1. The van der Waals surface area contributed by atoms with Crippen LogP contribution in [0, 0.1) is 0 Å². The number of benzene rings is 2. The molecule has 2 aromatic carbocycles. The van der Waals surface area contributed by atoms with Crippen molar-refractivity contribution in [2.45, 2.75) is 129 Å². The number of carbonyl (C=O) groups excluding carboxylic acids is 2. The molecule has 0 radical (unpaired) electrons. The number of ether oxygens (including phenoxy) is 1. The normalized spacial score (nSPS) is 11.7. The van der Waals surface area contributed by atoms with Gasteiger partial charge in [0, 0.05) is 12.3 Å². The SMILES string of the molecule is CCCCCCCCCCCCCCCCCCSC[C@H](C=O)N(Cc1ccccc1)C(=O)OCc1ccccc1. The van der Waals surface area contributed by atoms with Crippen LogP contribution in [0.3, 0.4) is 0 Å². The van der Waals surface area contributed by atoms with Gasteiger partial charge in [-0.2, -0.15) is 11.8 Å². The van der Waals surface area contributed by atoms with Crippen molar-refractivity contribution in [2.75, 3.05) is 11.5 Å². The summed E-state index contributed by atoms with van der Waals surface area (Å²) in [4.78, 5) is 26.7. The topological polar surface area (TPSA) is 46.6 Å². The highest BCUT2D eigenvalue weighted by Crippen LogP contribution is 2.18. The number of rotatable bonds is 25. The Morgan fingerprint density at radius 3 is 1.66 bits per heavy atom. The number of unbranched alkanes of at least 4 members (excludes halogenated alkanes) is 15. The molecule has 0 bridgehead atoms. The first-order valence-corrected chi connectivity index (χ1v) is 17.4. The van der Waals surface area contributed by atoms with Crippen LogP contribution in [0.1, 0.15) is 121 Å². The van der Waals surface area contributed by atoms with Gasteiger partial charge >= 0.3 is 6.09 Å². The van der Waals surface area contributed by atoms with Crippen LogP contribution in [0.5, 0.6) is 0 Å². The Labute approximate surface area is 255 Å². The zero-order valence-corrected chi connectivity index (χ0v) is 26.5. The average Bonchev–Trinajstić information content (AvgIpc) is 3.01. The summed E-state index contributed by atoms with van der Waals surface area (Å²) in [5.74, 6) is 1.61. The molecule has 0 fully saturated rings. The van der Waals surface area contributed by atoms with E-state index >= 15 is 0 Å². The van der Waals surface area contributed by atoms with Crippen molar-refractivity contribution in [1.82, 2.24) is 4.90 Å². The smallest absolute Gasteiger partial charge is 0.411 e. The second-order valence-electron chi connectivity index (χ2n) is 11.2. The number of hydrogen-bond acceptors (Lipinski definition) is 4. The van der Waals surface area contributed by atoms with Crippen LogP contribution < -0.4 is 0 Å². The fourth-order valence-corrected chi connectivity index (χ4v) is 6.13. The maximum absolute atomic E-state index is 13.0. The molecule has 0 aromatic heterocycles. The van der Waals surface area contributed by atoms with E-state index in [0.29, 0.717) is 12.3 Å². The van der Waals surface area contributed by atoms with Crippen LogP contribution in [0.25, 0.3) is 0 Å². The minimum atomic E-state index is -0.510. The predicted octanol–water partition coefficient (Wildman–Crippen LogP) is 10.4. The van der Waals surface area contributed by atoms with Crippen LogP contribution in [0.15, 0.2) is 60.7 Å². The molecule has 0 N–H and O–H groups in total. The molecule has 4 nitrogen and oxygen atoms in total. The molecule has 0 saturated carbocycles. The Kier molecular flexibility index (Phi) is 20.7. The zero-order valence-electron chi connectivity index (χ0n) is 25.7. The molecule has 41 heavy (non-hydrogen) atoms. The Morgan fingerprint density at radius 1 is 0.707 bits per heavy atom. The average molecular weight is 582 g/mol. The van der Waals surface area contributed by atoms with Gasteiger partial charge in [0.25, 0.3) is 0 Å². The summed E-state index contributed by atoms with van der Waals surface area (Å²) in [6, 6.07) is 18.9. The van der Waals surface area contributed by atoms with E-state index in [1.807, 2.05) is 60.7 Å². The molecule has 2 aromatic rings. The van der Waals surface area contributed by atoms with Crippen molar-refractivity contribution in [3.8, 4) is 0 Å². The standard InChI is InChI=1S/C36H55NO3S/c1-2-3-4-5-6-7-8-9-10-11-12-13-14-15-16-23-28-41-32-35(30-38)37(29-33-24-19-17-20-25-33)36(39)40-31-34-26-21-18-22-27-34/h17-22,24-27,30,35H,2-16,23,28-29,31-32H2,1H3/t35-/m0/s1. The molecule has 5 heteroatoms. The van der Waals surface area contributed by atoms with Crippen LogP contribution in [0.4, 0.5) is 4.79 Å². The first-order valence-electron chi connectivity index (χ1n) is 16.3. The molecule has 0 saturated heterocycles. The zero-order chi connectivity index (χ0) is 29.2. The second kappa shape index (κ2) is 24.3. The molecule has 0 heterocycles. The molecule has 1 atom stereocenters. The molecule has 0 aliphatic rings. The van der Waals surface area contributed by atoms with Gasteiger partial charge in [0.05, 0.1) is 0 Å². The third kappa shape index (κ3) is 17.3. The number of nitrogens with zero attached hydrogens (tertiary/aromatic N) is 1. The maximum atomic E-state index is 13.0. The van der Waals surface area contributed by atoms with E-state index in [4.69, 9.17) is 4.74 Å². The van der Waals surface area contributed by atoms with Gasteiger partial charge < -0.3 is 9.53 Å². The van der Waals surface area contributed by atoms with Crippen LogP contribution in [-0.2, 0) is 22.7 Å². The summed E-state index contributed by atoms with van der Waals surface area (Å²) in [6.45, 7) is 2.84. The summed E-state index contributed by atoms with van der Waals surface area (Å²) in [5.41, 5.74) is 1.92. The maximum Gasteiger partial charge on any atom is 0.411 e. The van der Waals surface area contributed by atoms with E-state index in [1.54, 1.807) is 16.7 Å². The summed E-state index contributed by atoms with van der Waals surface area (Å²) >= 11 is 1.76. The molecular formula is C36H55NO3S. The van der Waals surface area contributed by atoms with Gasteiger partial charge in [-0.25, -0.2) is 4.79 Å². The van der Waals surface area contributed by atoms with Crippen molar-refractivity contribution in [3.05, 3.63) is 71.8 Å². The molecule has 0 aliphatic carbocycles. The van der Waals surface area contributed by atoms with Gasteiger partial charge in [0.15, 0.2) is 0 Å². The highest BCUT2D eigenvalue weighted by atomic mass is 32.2. The third-order valence-electron chi connectivity index (χ3n) is 7.62. The van der Waals surface area contributed by atoms with Gasteiger partial charge in [0.1, 0.15) is 18.9 Å². The minimum Gasteiger partial charge on any atom is -0.445 e. The number of carbonyl (C=O) groups is 2. The lowest BCUT2D eigenvalue weighted by atomic mass is 10.0. The lowest BCUT2D eigenvalue weighted by molar-refractivity contribution is -0.111. The predicted molar refractivity (Wildman–Crippen MR) is 175 cm³/mol. The molecule has 1 amide bonds. The van der Waals surface area contributed by atoms with Crippen LogP contribution >= 0.6 is 11.8 Å². The van der Waals surface area contributed by atoms with Gasteiger partial charge in [-0.05, 0) is 23.3 Å². The first-order chi connectivity index (χ1) is 20.2. The Bertz CT molecular complexity index is 892. The van der Waals surface area contributed by atoms with E-state index in [2.05, 4.69) is 6.92 Å². The van der Waals surface area contributed by atoms with E-state index in [0.717, 1.165) is 29.6 Å². The van der Waals surface area contributed by atoms with Crippen molar-refractivity contribution in [1.29, 1.82) is 0 Å². The van der Waals surface area contributed by atoms with Crippen molar-refractivity contribution >= 4 is 24.1 Å². The fraction of sp³-hybridized carbons (Fsp3) is 0.611.